The molecule has 0 amide bonds. The first kappa shape index (κ1) is 17.2. The number of carbonyl (C=O) groups is 1. The summed E-state index contributed by atoms with van der Waals surface area (Å²) in [5.41, 5.74) is 4.53. The predicted molar refractivity (Wildman–Crippen MR) is 101 cm³/mol. The number of nitrogens with one attached hydrogen (secondary N) is 1. The summed E-state index contributed by atoms with van der Waals surface area (Å²) in [4.78, 5) is 18.3. The van der Waals surface area contributed by atoms with Gasteiger partial charge in [-0.2, -0.15) is 0 Å². The van der Waals surface area contributed by atoms with Crippen LogP contribution in [0.1, 0.15) is 37.1 Å². The molecule has 3 heterocycles. The van der Waals surface area contributed by atoms with Gasteiger partial charge in [0.2, 0.25) is 0 Å². The maximum Gasteiger partial charge on any atom is 0.335 e. The highest BCUT2D eigenvalue weighted by atomic mass is 16.5. The summed E-state index contributed by atoms with van der Waals surface area (Å²) in [5, 5.41) is 11.2. The van der Waals surface area contributed by atoms with Crippen LogP contribution in [-0.2, 0) is 16.0 Å². The number of benzene rings is 1. The number of aromatic amines is 1. The van der Waals surface area contributed by atoms with Crippen molar-refractivity contribution >= 4 is 16.9 Å². The number of aliphatic hydroxyl groups is 1. The Bertz CT molecular complexity index is 850. The predicted octanol–water partition coefficient (Wildman–Crippen LogP) is 3.16. The Morgan fingerprint density at radius 1 is 1.42 bits per heavy atom. The summed E-state index contributed by atoms with van der Waals surface area (Å²) in [5.74, 6) is -0.198. The van der Waals surface area contributed by atoms with E-state index in [1.807, 2.05) is 6.20 Å². The summed E-state index contributed by atoms with van der Waals surface area (Å²) in [6, 6.07) is 8.65. The number of carbonyl (C=O) groups excluding carboxylic acids is 1. The van der Waals surface area contributed by atoms with Crippen LogP contribution >= 0.6 is 0 Å². The molecule has 1 aromatic carbocycles. The van der Waals surface area contributed by atoms with E-state index in [-0.39, 0.29) is 30.5 Å². The second-order valence-corrected chi connectivity index (χ2v) is 7.34. The average molecular weight is 354 g/mol. The molecule has 0 saturated heterocycles. The van der Waals surface area contributed by atoms with E-state index in [4.69, 9.17) is 4.74 Å². The molecule has 2 aromatic rings. The maximum atomic E-state index is 12.4. The topological polar surface area (TPSA) is 65.6 Å². The van der Waals surface area contributed by atoms with Gasteiger partial charge in [0.15, 0.2) is 0 Å². The van der Waals surface area contributed by atoms with Gasteiger partial charge in [0, 0.05) is 35.9 Å². The van der Waals surface area contributed by atoms with E-state index in [1.165, 1.54) is 29.3 Å². The molecule has 1 aromatic heterocycles. The number of hydrogen-bond donors (Lipinski definition) is 2. The quantitative estimate of drug-likeness (QED) is 0.828. The normalized spacial score (nSPS) is 23.2. The number of rotatable bonds is 4. The molecule has 1 unspecified atom stereocenters. The molecule has 5 nitrogen and oxygen atoms in total. The fourth-order valence-corrected chi connectivity index (χ4v) is 4.70. The first-order chi connectivity index (χ1) is 12.7. The van der Waals surface area contributed by atoms with Crippen LogP contribution < -0.4 is 0 Å². The van der Waals surface area contributed by atoms with E-state index in [0.29, 0.717) is 5.57 Å². The van der Waals surface area contributed by atoms with Crippen LogP contribution in [0.15, 0.2) is 36.0 Å². The Hall–Kier alpha value is -2.27. The molecule has 0 saturated carbocycles. The van der Waals surface area contributed by atoms with Crippen LogP contribution in [0.25, 0.3) is 10.9 Å². The number of fused-ring (bicyclic) bond motifs is 5. The second kappa shape index (κ2) is 6.80. The third-order valence-corrected chi connectivity index (χ3v) is 6.13. The molecular weight excluding hydrogens is 328 g/mol. The molecule has 2 N–H and O–H groups in total. The highest BCUT2D eigenvalue weighted by molar-refractivity contribution is 5.89. The third-order valence-electron chi connectivity index (χ3n) is 6.13. The molecule has 2 aliphatic rings. The van der Waals surface area contributed by atoms with Gasteiger partial charge < -0.3 is 19.7 Å². The van der Waals surface area contributed by atoms with Crippen LogP contribution in [0.5, 0.6) is 0 Å². The van der Waals surface area contributed by atoms with Crippen LogP contribution in [0.4, 0.5) is 0 Å². The van der Waals surface area contributed by atoms with Gasteiger partial charge in [-0.25, -0.2) is 4.79 Å². The minimum atomic E-state index is -0.275. The molecule has 0 bridgehead atoms. The fraction of sp³-hybridized carbons (Fsp3) is 0.476. The number of methoxy groups -OCH3 is 1. The van der Waals surface area contributed by atoms with Crippen LogP contribution in [0.2, 0.25) is 0 Å². The lowest BCUT2D eigenvalue weighted by molar-refractivity contribution is -0.137. The number of ether oxygens (including phenoxy) is 1. The van der Waals surface area contributed by atoms with Gasteiger partial charge in [-0.05, 0) is 36.3 Å². The molecule has 0 aliphatic carbocycles. The average Bonchev–Trinajstić information content (AvgIpc) is 3.07. The highest BCUT2D eigenvalue weighted by Gasteiger charge is 2.40. The van der Waals surface area contributed by atoms with Crippen molar-refractivity contribution in [3.8, 4) is 0 Å². The molecule has 0 fully saturated rings. The van der Waals surface area contributed by atoms with Crippen molar-refractivity contribution in [1.29, 1.82) is 0 Å². The number of hydrogen-bond acceptors (Lipinski definition) is 4. The fourth-order valence-electron chi connectivity index (χ4n) is 4.70. The van der Waals surface area contributed by atoms with E-state index in [9.17, 15) is 9.90 Å². The first-order valence-electron chi connectivity index (χ1n) is 9.44. The zero-order chi connectivity index (χ0) is 18.3. The lowest BCUT2D eigenvalue weighted by atomic mass is 9.76. The van der Waals surface area contributed by atoms with Crippen molar-refractivity contribution < 1.29 is 14.6 Å². The van der Waals surface area contributed by atoms with Gasteiger partial charge in [-0.3, -0.25) is 0 Å². The smallest absolute Gasteiger partial charge is 0.335 e. The molecule has 0 spiro atoms. The van der Waals surface area contributed by atoms with Crippen LogP contribution in [0.3, 0.4) is 0 Å². The summed E-state index contributed by atoms with van der Waals surface area (Å²) in [6.45, 7) is 3.04. The standard InChI is InChI=1S/C21H26N2O3/c1-3-13(12-24)16-10-19-20-15(14-6-4-5-7-18(14)22-20)8-9-23(19)11-17(16)21(25)26-2/h4-7,11,13,16,19,22,24H,3,8-10,12H2,1-2H3/t13?,16-,19+/m1/s1. The molecule has 3 atom stereocenters. The van der Waals surface area contributed by atoms with Crippen molar-refractivity contribution in [1.82, 2.24) is 9.88 Å². The van der Waals surface area contributed by atoms with E-state index >= 15 is 0 Å². The van der Waals surface area contributed by atoms with Crippen LogP contribution in [0, 0.1) is 11.8 Å². The van der Waals surface area contributed by atoms with E-state index < -0.39 is 0 Å². The molecule has 5 heteroatoms. The molecule has 26 heavy (non-hydrogen) atoms. The number of aliphatic hydroxyl groups excluding tert-OH is 1. The van der Waals surface area contributed by atoms with Crippen molar-refractivity contribution in [2.75, 3.05) is 20.3 Å². The SMILES string of the molecule is CCC(CO)[C@H]1C[C@H]2c3[nH]c4ccccc4c3CCN2C=C1C(=O)OC. The number of para-hydroxylation sites is 1. The van der Waals surface area contributed by atoms with Gasteiger partial charge in [0.1, 0.15) is 0 Å². The summed E-state index contributed by atoms with van der Waals surface area (Å²) >= 11 is 0. The maximum absolute atomic E-state index is 12.4. The Balaban J connectivity index is 1.78. The lowest BCUT2D eigenvalue weighted by Gasteiger charge is -2.43. The summed E-state index contributed by atoms with van der Waals surface area (Å²) in [6.07, 6.45) is 4.60. The second-order valence-electron chi connectivity index (χ2n) is 7.34. The van der Waals surface area contributed by atoms with Crippen molar-refractivity contribution in [3.63, 3.8) is 0 Å². The lowest BCUT2D eigenvalue weighted by Crippen LogP contribution is -2.40. The van der Waals surface area contributed by atoms with Crippen molar-refractivity contribution in [2.45, 2.75) is 32.2 Å². The summed E-state index contributed by atoms with van der Waals surface area (Å²) in [7, 11) is 1.43. The van der Waals surface area contributed by atoms with Gasteiger partial charge >= 0.3 is 5.97 Å². The van der Waals surface area contributed by atoms with E-state index in [2.05, 4.69) is 41.1 Å². The molecular formula is C21H26N2O3. The van der Waals surface area contributed by atoms with Crippen molar-refractivity contribution in [3.05, 3.63) is 47.3 Å². The third kappa shape index (κ3) is 2.62. The Morgan fingerprint density at radius 3 is 2.96 bits per heavy atom. The number of esters is 1. The molecule has 2 aliphatic heterocycles. The van der Waals surface area contributed by atoms with Crippen LogP contribution in [-0.4, -0.2) is 41.2 Å². The van der Waals surface area contributed by atoms with Crippen molar-refractivity contribution in [2.24, 2.45) is 11.8 Å². The molecule has 4 rings (SSSR count). The van der Waals surface area contributed by atoms with Gasteiger partial charge in [0.05, 0.1) is 18.7 Å². The van der Waals surface area contributed by atoms with E-state index in [0.717, 1.165) is 25.8 Å². The minimum Gasteiger partial charge on any atom is -0.466 e. The minimum absolute atomic E-state index is 0.0102. The zero-order valence-electron chi connectivity index (χ0n) is 15.4. The number of aromatic nitrogens is 1. The molecule has 0 radical (unpaired) electrons. The monoisotopic (exact) mass is 354 g/mol. The largest absolute Gasteiger partial charge is 0.466 e. The molecule has 138 valence electrons. The van der Waals surface area contributed by atoms with Gasteiger partial charge in [-0.15, -0.1) is 0 Å². The summed E-state index contributed by atoms with van der Waals surface area (Å²) < 4.78 is 5.03. The zero-order valence-corrected chi connectivity index (χ0v) is 15.4. The Kier molecular flexibility index (Phi) is 4.49. The Labute approximate surface area is 153 Å². The first-order valence-corrected chi connectivity index (χ1v) is 9.44. The Morgan fingerprint density at radius 2 is 2.23 bits per heavy atom. The van der Waals surface area contributed by atoms with E-state index in [1.54, 1.807) is 0 Å². The number of nitrogens with zero attached hydrogens (tertiary/aromatic N) is 1. The van der Waals surface area contributed by atoms with Gasteiger partial charge in [-0.1, -0.05) is 31.5 Å². The number of H-pyrrole nitrogens is 1. The van der Waals surface area contributed by atoms with Gasteiger partial charge in [0.25, 0.3) is 0 Å². The highest BCUT2D eigenvalue weighted by Crippen LogP contribution is 2.45.